The zero-order valence-corrected chi connectivity index (χ0v) is 18.0. The van der Waals surface area contributed by atoms with Crippen molar-refractivity contribution in [3.05, 3.63) is 82.7 Å². The first-order chi connectivity index (χ1) is 14.9. The van der Waals surface area contributed by atoms with Crippen molar-refractivity contribution in [1.29, 1.82) is 0 Å². The molecule has 0 bridgehead atoms. The van der Waals surface area contributed by atoms with Crippen LogP contribution in [0.2, 0.25) is 0 Å². The summed E-state index contributed by atoms with van der Waals surface area (Å²) in [5.74, 6) is -0.568. The van der Waals surface area contributed by atoms with E-state index in [1.165, 1.54) is 24.3 Å². The molecule has 2 aromatic carbocycles. The third kappa shape index (κ3) is 5.10. The summed E-state index contributed by atoms with van der Waals surface area (Å²) in [4.78, 5) is 24.1. The summed E-state index contributed by atoms with van der Waals surface area (Å²) < 4.78 is 50.9. The van der Waals surface area contributed by atoms with Crippen LogP contribution in [0, 0.1) is 0 Å². The first-order valence-corrected chi connectivity index (χ1v) is 10.0. The Hall–Kier alpha value is -3.35. The largest absolute Gasteiger partial charge is 0.457 e. The van der Waals surface area contributed by atoms with Crippen molar-refractivity contribution in [3.8, 4) is 11.1 Å². The normalized spacial score (nSPS) is 13.1. The zero-order chi connectivity index (χ0) is 23.7. The minimum Gasteiger partial charge on any atom is -0.457 e. The number of rotatable bonds is 6. The second-order valence-electron chi connectivity index (χ2n) is 8.28. The standard InChI is InChI=1S/C25H23F3O4/c1-5-22(29)32-24(3,4)14-15(2)16-10-11-17-12-19(23(30)31-21(17)13-16)18-8-6-7-9-20(18)25(26,27)28/h5-13,15H,1,14H2,2-4H3. The summed E-state index contributed by atoms with van der Waals surface area (Å²) in [5.41, 5.74) is -1.75. The van der Waals surface area contributed by atoms with E-state index in [1.807, 2.05) is 13.0 Å². The van der Waals surface area contributed by atoms with Gasteiger partial charge < -0.3 is 9.15 Å². The number of carbonyl (C=O) groups is 1. The van der Waals surface area contributed by atoms with Gasteiger partial charge in [-0.3, -0.25) is 0 Å². The molecule has 3 aromatic rings. The van der Waals surface area contributed by atoms with E-state index in [4.69, 9.17) is 9.15 Å². The molecule has 32 heavy (non-hydrogen) atoms. The molecule has 0 amide bonds. The second kappa shape index (κ2) is 8.65. The molecule has 0 radical (unpaired) electrons. The molecule has 0 aliphatic rings. The Morgan fingerprint density at radius 2 is 1.81 bits per heavy atom. The Kier molecular flexibility index (Phi) is 6.30. The lowest BCUT2D eigenvalue weighted by Gasteiger charge is -2.28. The topological polar surface area (TPSA) is 56.5 Å². The molecule has 4 nitrogen and oxygen atoms in total. The fraction of sp³-hybridized carbons (Fsp3) is 0.280. The maximum atomic E-state index is 13.4. The zero-order valence-electron chi connectivity index (χ0n) is 18.0. The molecule has 0 fully saturated rings. The van der Waals surface area contributed by atoms with Gasteiger partial charge in [0.15, 0.2) is 0 Å². The average Bonchev–Trinajstić information content (AvgIpc) is 2.71. The Balaban J connectivity index is 1.97. The van der Waals surface area contributed by atoms with Crippen LogP contribution in [0.25, 0.3) is 22.1 Å². The number of hydrogen-bond acceptors (Lipinski definition) is 4. The van der Waals surface area contributed by atoms with E-state index in [-0.39, 0.29) is 22.6 Å². The van der Waals surface area contributed by atoms with Gasteiger partial charge in [0, 0.05) is 17.0 Å². The summed E-state index contributed by atoms with van der Waals surface area (Å²) >= 11 is 0. The minimum absolute atomic E-state index is 0.0528. The Morgan fingerprint density at radius 3 is 2.47 bits per heavy atom. The van der Waals surface area contributed by atoms with Gasteiger partial charge in [-0.05, 0) is 49.9 Å². The van der Waals surface area contributed by atoms with Gasteiger partial charge >= 0.3 is 17.8 Å². The number of ether oxygens (including phenoxy) is 1. The quantitative estimate of drug-likeness (QED) is 0.248. The number of fused-ring (bicyclic) bond motifs is 1. The summed E-state index contributed by atoms with van der Waals surface area (Å²) in [6, 6.07) is 11.5. The van der Waals surface area contributed by atoms with Crippen LogP contribution in [0.4, 0.5) is 13.2 Å². The van der Waals surface area contributed by atoms with Crippen LogP contribution in [0.1, 0.15) is 44.2 Å². The van der Waals surface area contributed by atoms with Crippen LogP contribution in [0.15, 0.2) is 70.4 Å². The van der Waals surface area contributed by atoms with Crippen molar-refractivity contribution < 1.29 is 27.1 Å². The Bertz CT molecular complexity index is 1220. The van der Waals surface area contributed by atoms with Crippen molar-refractivity contribution in [2.24, 2.45) is 0 Å². The Morgan fingerprint density at radius 1 is 1.12 bits per heavy atom. The number of alkyl halides is 3. The fourth-order valence-electron chi connectivity index (χ4n) is 3.80. The number of hydrogen-bond donors (Lipinski definition) is 0. The predicted octanol–water partition coefficient (Wildman–Crippen LogP) is 6.48. The molecule has 1 aromatic heterocycles. The minimum atomic E-state index is -4.60. The number of esters is 1. The van der Waals surface area contributed by atoms with Crippen molar-refractivity contribution in [1.82, 2.24) is 0 Å². The SMILES string of the molecule is C=CC(=O)OC(C)(C)CC(C)c1ccc2cc(-c3ccccc3C(F)(F)F)c(=O)oc2c1. The van der Waals surface area contributed by atoms with E-state index in [9.17, 15) is 22.8 Å². The van der Waals surface area contributed by atoms with Crippen LogP contribution < -0.4 is 5.63 Å². The van der Waals surface area contributed by atoms with E-state index in [2.05, 4.69) is 6.58 Å². The summed E-state index contributed by atoms with van der Waals surface area (Å²) in [6.07, 6.45) is -3.00. The molecule has 1 unspecified atom stereocenters. The van der Waals surface area contributed by atoms with Crippen LogP contribution >= 0.6 is 0 Å². The molecular weight excluding hydrogens is 421 g/mol. The molecule has 1 heterocycles. The predicted molar refractivity (Wildman–Crippen MR) is 116 cm³/mol. The van der Waals surface area contributed by atoms with Gasteiger partial charge in [-0.1, -0.05) is 43.8 Å². The van der Waals surface area contributed by atoms with E-state index < -0.39 is 28.9 Å². The van der Waals surface area contributed by atoms with Crippen LogP contribution in [0.3, 0.4) is 0 Å². The molecule has 0 spiro atoms. The van der Waals surface area contributed by atoms with Gasteiger partial charge in [0.2, 0.25) is 0 Å². The van der Waals surface area contributed by atoms with E-state index in [1.54, 1.807) is 26.0 Å². The van der Waals surface area contributed by atoms with Crippen molar-refractivity contribution >= 4 is 16.9 Å². The molecule has 0 saturated carbocycles. The third-order valence-electron chi connectivity index (χ3n) is 5.19. The molecule has 168 valence electrons. The van der Waals surface area contributed by atoms with E-state index >= 15 is 0 Å². The molecule has 0 aliphatic carbocycles. The number of benzene rings is 2. The van der Waals surface area contributed by atoms with Crippen LogP contribution in [-0.4, -0.2) is 11.6 Å². The number of carbonyl (C=O) groups excluding carboxylic acids is 1. The maximum Gasteiger partial charge on any atom is 0.417 e. The van der Waals surface area contributed by atoms with Crippen molar-refractivity contribution in [3.63, 3.8) is 0 Å². The van der Waals surface area contributed by atoms with Crippen LogP contribution in [-0.2, 0) is 15.7 Å². The van der Waals surface area contributed by atoms with Gasteiger partial charge in [0.25, 0.3) is 0 Å². The maximum absolute atomic E-state index is 13.4. The highest BCUT2D eigenvalue weighted by Gasteiger charge is 2.34. The van der Waals surface area contributed by atoms with E-state index in [0.29, 0.717) is 11.8 Å². The molecule has 1 atom stereocenters. The van der Waals surface area contributed by atoms with Gasteiger partial charge in [-0.2, -0.15) is 13.2 Å². The van der Waals surface area contributed by atoms with Crippen molar-refractivity contribution in [2.75, 3.05) is 0 Å². The first kappa shape index (κ1) is 23.3. The van der Waals surface area contributed by atoms with E-state index in [0.717, 1.165) is 17.7 Å². The summed E-state index contributed by atoms with van der Waals surface area (Å²) in [6.45, 7) is 8.91. The fourth-order valence-corrected chi connectivity index (χ4v) is 3.80. The Labute approximate surface area is 183 Å². The van der Waals surface area contributed by atoms with Gasteiger partial charge in [-0.15, -0.1) is 0 Å². The lowest BCUT2D eigenvalue weighted by molar-refractivity contribution is -0.151. The molecule has 7 heteroatoms. The molecule has 0 saturated heterocycles. The molecular formula is C25H23F3O4. The molecule has 0 N–H and O–H groups in total. The lowest BCUT2D eigenvalue weighted by atomic mass is 9.88. The monoisotopic (exact) mass is 444 g/mol. The lowest BCUT2D eigenvalue weighted by Crippen LogP contribution is -2.29. The molecule has 3 rings (SSSR count). The first-order valence-electron chi connectivity index (χ1n) is 10.0. The van der Waals surface area contributed by atoms with Crippen molar-refractivity contribution in [2.45, 2.75) is 44.9 Å². The summed E-state index contributed by atoms with van der Waals surface area (Å²) in [5, 5.41) is 0.505. The summed E-state index contributed by atoms with van der Waals surface area (Å²) in [7, 11) is 0. The third-order valence-corrected chi connectivity index (χ3v) is 5.19. The second-order valence-corrected chi connectivity index (χ2v) is 8.28. The van der Waals surface area contributed by atoms with Crippen LogP contribution in [0.5, 0.6) is 0 Å². The van der Waals surface area contributed by atoms with Gasteiger partial charge in [0.05, 0.1) is 11.1 Å². The number of halogens is 3. The van der Waals surface area contributed by atoms with Gasteiger partial charge in [-0.25, -0.2) is 9.59 Å². The highest BCUT2D eigenvalue weighted by molar-refractivity contribution is 5.83. The average molecular weight is 444 g/mol. The molecule has 0 aliphatic heterocycles. The highest BCUT2D eigenvalue weighted by Crippen LogP contribution is 2.37. The highest BCUT2D eigenvalue weighted by atomic mass is 19.4. The smallest absolute Gasteiger partial charge is 0.417 e. The van der Waals surface area contributed by atoms with Gasteiger partial charge in [0.1, 0.15) is 11.2 Å².